The van der Waals surface area contributed by atoms with Crippen LogP contribution in [0.1, 0.15) is 30.5 Å². The van der Waals surface area contributed by atoms with Gasteiger partial charge >= 0.3 is 35.0 Å². The summed E-state index contributed by atoms with van der Waals surface area (Å²) in [5.74, 6) is -2.43. The Kier molecular flexibility index (Phi) is 10.0. The monoisotopic (exact) mass is 304 g/mol. The van der Waals surface area contributed by atoms with E-state index >= 15 is 0 Å². The molecule has 5 heteroatoms. The third-order valence-corrected chi connectivity index (χ3v) is 3.11. The molecule has 114 valence electrons. The Balaban J connectivity index is -0.000000602. The van der Waals surface area contributed by atoms with Crippen LogP contribution in [0.4, 0.5) is 0 Å². The molecule has 0 aromatic heterocycles. The number of aliphatic carboxylic acids is 2. The van der Waals surface area contributed by atoms with Crippen LogP contribution >= 0.6 is 0 Å². The van der Waals surface area contributed by atoms with E-state index in [0.29, 0.717) is 0 Å². The SMILES string of the molecule is CC=CC(C=CC)(C(=O)O)C(C=CC)(C=CC)C(=O)O.[H-].[H-].[Mg+2]. The molecule has 0 aliphatic rings. The molecule has 4 nitrogen and oxygen atoms in total. The summed E-state index contributed by atoms with van der Waals surface area (Å²) in [5, 5.41) is 19.4. The smallest absolute Gasteiger partial charge is 1.00 e. The van der Waals surface area contributed by atoms with Crippen LogP contribution in [0.2, 0.25) is 0 Å². The van der Waals surface area contributed by atoms with E-state index in [1.165, 1.54) is 24.3 Å². The Labute approximate surface area is 145 Å². The summed E-state index contributed by atoms with van der Waals surface area (Å²) in [5.41, 5.74) is -3.36. The summed E-state index contributed by atoms with van der Waals surface area (Å²) in [6, 6.07) is 0. The van der Waals surface area contributed by atoms with Gasteiger partial charge in [-0.2, -0.15) is 0 Å². The quantitative estimate of drug-likeness (QED) is 0.559. The second-order valence-electron chi connectivity index (χ2n) is 4.35. The van der Waals surface area contributed by atoms with Gasteiger partial charge in [-0.25, -0.2) is 0 Å². The van der Waals surface area contributed by atoms with Crippen LogP contribution < -0.4 is 0 Å². The molecule has 0 saturated carbocycles. The molecule has 0 unspecified atom stereocenters. The van der Waals surface area contributed by atoms with Gasteiger partial charge in [0.25, 0.3) is 0 Å². The molecule has 0 rings (SSSR count). The van der Waals surface area contributed by atoms with Crippen LogP contribution in [0.5, 0.6) is 0 Å². The molecule has 0 spiro atoms. The summed E-state index contributed by atoms with van der Waals surface area (Å²) in [7, 11) is 0. The Morgan fingerprint density at radius 2 is 0.905 bits per heavy atom. The van der Waals surface area contributed by atoms with Gasteiger partial charge in [-0.05, 0) is 27.7 Å². The largest absolute Gasteiger partial charge is 2.00 e. The van der Waals surface area contributed by atoms with E-state index in [0.717, 1.165) is 0 Å². The van der Waals surface area contributed by atoms with E-state index in [9.17, 15) is 19.8 Å². The van der Waals surface area contributed by atoms with Gasteiger partial charge in [0, 0.05) is 0 Å². The van der Waals surface area contributed by atoms with Gasteiger partial charge in [-0.3, -0.25) is 9.59 Å². The molecule has 0 amide bonds. The minimum absolute atomic E-state index is 0. The normalized spacial score (nSPS) is 17.9. The van der Waals surface area contributed by atoms with Crippen molar-refractivity contribution in [1.29, 1.82) is 0 Å². The van der Waals surface area contributed by atoms with Crippen LogP contribution in [0, 0.1) is 10.8 Å². The van der Waals surface area contributed by atoms with Crippen molar-refractivity contribution in [2.24, 2.45) is 10.8 Å². The van der Waals surface area contributed by atoms with Gasteiger partial charge in [-0.15, -0.1) is 0 Å². The minimum atomic E-state index is -1.68. The summed E-state index contributed by atoms with van der Waals surface area (Å²) in [6.45, 7) is 6.66. The molecule has 0 aliphatic carbocycles. The predicted octanol–water partition coefficient (Wildman–Crippen LogP) is 3.28. The molecule has 0 fully saturated rings. The second-order valence-corrected chi connectivity index (χ2v) is 4.35. The first-order chi connectivity index (χ1) is 9.38. The summed E-state index contributed by atoms with van der Waals surface area (Å²) in [6.07, 6.45) is 11.8. The zero-order chi connectivity index (χ0) is 15.8. The van der Waals surface area contributed by atoms with Gasteiger partial charge in [0.1, 0.15) is 10.8 Å². The summed E-state index contributed by atoms with van der Waals surface area (Å²) >= 11 is 0. The van der Waals surface area contributed by atoms with E-state index in [1.807, 2.05) is 0 Å². The van der Waals surface area contributed by atoms with Crippen molar-refractivity contribution in [3.8, 4) is 0 Å². The van der Waals surface area contributed by atoms with Crippen molar-refractivity contribution in [2.45, 2.75) is 27.7 Å². The fraction of sp³-hybridized carbons (Fsp3) is 0.375. The number of rotatable bonds is 7. The third kappa shape index (κ3) is 4.08. The maximum absolute atomic E-state index is 11.9. The molecule has 0 aromatic rings. The first kappa shape index (κ1) is 22.0. The number of carboxylic acid groups (broad SMARTS) is 2. The van der Waals surface area contributed by atoms with Gasteiger partial charge in [0.05, 0.1) is 0 Å². The Morgan fingerprint density at radius 3 is 1.00 bits per heavy atom. The third-order valence-electron chi connectivity index (χ3n) is 3.11. The van der Waals surface area contributed by atoms with Crippen LogP contribution in [0.25, 0.3) is 0 Å². The zero-order valence-electron chi connectivity index (χ0n) is 15.0. The van der Waals surface area contributed by atoms with Gasteiger partial charge < -0.3 is 13.1 Å². The van der Waals surface area contributed by atoms with Crippen LogP contribution in [0.3, 0.4) is 0 Å². The number of hydrogen-bond acceptors (Lipinski definition) is 2. The first-order valence-electron chi connectivity index (χ1n) is 6.40. The molecule has 2 N–H and O–H groups in total. The number of allylic oxidation sites excluding steroid dienone is 4. The average Bonchev–Trinajstić information content (AvgIpc) is 2.37. The Bertz CT molecular complexity index is 414. The van der Waals surface area contributed by atoms with Crippen molar-refractivity contribution in [3.05, 3.63) is 48.6 Å². The van der Waals surface area contributed by atoms with Crippen LogP contribution in [-0.4, -0.2) is 45.2 Å². The summed E-state index contributed by atoms with van der Waals surface area (Å²) < 4.78 is 0. The Hall–Kier alpha value is -1.33. The number of carbonyl (C=O) groups is 2. The zero-order valence-corrected chi connectivity index (χ0v) is 14.5. The molecule has 0 bridgehead atoms. The van der Waals surface area contributed by atoms with Crippen molar-refractivity contribution in [1.82, 2.24) is 0 Å². The minimum Gasteiger partial charge on any atom is -1.00 e. The van der Waals surface area contributed by atoms with E-state index in [2.05, 4.69) is 0 Å². The van der Waals surface area contributed by atoms with Gasteiger partial charge in [0.2, 0.25) is 0 Å². The van der Waals surface area contributed by atoms with Gasteiger partial charge in [0.15, 0.2) is 0 Å². The molecular formula is C16H24MgO4. The maximum atomic E-state index is 11.9. The molecule has 21 heavy (non-hydrogen) atoms. The fourth-order valence-corrected chi connectivity index (χ4v) is 2.35. The first-order valence-corrected chi connectivity index (χ1v) is 6.40. The van der Waals surface area contributed by atoms with Crippen LogP contribution in [-0.2, 0) is 9.59 Å². The topological polar surface area (TPSA) is 74.6 Å². The van der Waals surface area contributed by atoms with Crippen molar-refractivity contribution < 1.29 is 22.7 Å². The predicted molar refractivity (Wildman–Crippen MR) is 87.4 cm³/mol. The van der Waals surface area contributed by atoms with Crippen LogP contribution in [0.15, 0.2) is 48.6 Å². The van der Waals surface area contributed by atoms with E-state index in [1.54, 1.807) is 52.0 Å². The molecule has 0 saturated heterocycles. The molecule has 0 radical (unpaired) electrons. The van der Waals surface area contributed by atoms with Crippen molar-refractivity contribution >= 4 is 35.0 Å². The summed E-state index contributed by atoms with van der Waals surface area (Å²) in [4.78, 5) is 23.7. The maximum Gasteiger partial charge on any atom is 2.00 e. The number of hydrogen-bond donors (Lipinski definition) is 2. The second kappa shape index (κ2) is 9.58. The van der Waals surface area contributed by atoms with E-state index in [-0.39, 0.29) is 25.9 Å². The van der Waals surface area contributed by atoms with Crippen molar-refractivity contribution in [2.75, 3.05) is 0 Å². The Morgan fingerprint density at radius 1 is 0.714 bits per heavy atom. The van der Waals surface area contributed by atoms with Gasteiger partial charge in [-0.1, -0.05) is 48.6 Å². The fourth-order valence-electron chi connectivity index (χ4n) is 2.35. The average molecular weight is 305 g/mol. The molecule has 0 aliphatic heterocycles. The molecule has 0 aromatic carbocycles. The van der Waals surface area contributed by atoms with Crippen molar-refractivity contribution in [3.63, 3.8) is 0 Å². The standard InChI is InChI=1S/C16H22O4.Mg.2H/c1-5-9-15(10-6-2,13(17)18)16(11-7-3,12-8-4)14(19)20;;;/h5-12H,1-4H3,(H,17,18)(H,19,20);;;/q;+2;2*-1. The van der Waals surface area contributed by atoms with E-state index in [4.69, 9.17) is 0 Å². The molecule has 0 atom stereocenters. The number of carboxylic acids is 2. The van der Waals surface area contributed by atoms with E-state index < -0.39 is 22.8 Å². The molecular weight excluding hydrogens is 280 g/mol. The molecule has 0 heterocycles.